The lowest BCUT2D eigenvalue weighted by Gasteiger charge is -2.11. The fourth-order valence-corrected chi connectivity index (χ4v) is 5.31. The van der Waals surface area contributed by atoms with Crippen molar-refractivity contribution in [3.63, 3.8) is 0 Å². The molecule has 0 radical (unpaired) electrons. The molecule has 0 bridgehead atoms. The molecule has 0 aliphatic rings. The summed E-state index contributed by atoms with van der Waals surface area (Å²) < 4.78 is 25.1. The summed E-state index contributed by atoms with van der Waals surface area (Å²) in [6.45, 7) is 5.93. The Bertz CT molecular complexity index is 658. The maximum Gasteiger partial charge on any atom is 0.145 e. The molecule has 0 amide bonds. The second-order valence-corrected chi connectivity index (χ2v) is 7.77. The normalized spacial score (nSPS) is 12.2. The molecule has 0 aliphatic carbocycles. The first-order valence-corrected chi connectivity index (χ1v) is 8.52. The van der Waals surface area contributed by atoms with E-state index in [0.717, 1.165) is 26.5 Å². The third kappa shape index (κ3) is 2.94. The number of rotatable bonds is 2. The van der Waals surface area contributed by atoms with Crippen LogP contribution in [0, 0.1) is 20.8 Å². The molecular formula is C14H14O2S3. The highest BCUT2D eigenvalue weighted by atomic mass is 32.2. The fourth-order valence-electron chi connectivity index (χ4n) is 2.13. The van der Waals surface area contributed by atoms with Crippen LogP contribution in [0.4, 0.5) is 0 Å². The quantitative estimate of drug-likeness (QED) is 0.798. The minimum atomic E-state index is -1.38. The van der Waals surface area contributed by atoms with Gasteiger partial charge in [-0.05, 0) is 43.3 Å². The predicted octanol–water partition coefficient (Wildman–Crippen LogP) is 3.17. The van der Waals surface area contributed by atoms with Gasteiger partial charge < -0.3 is 0 Å². The van der Waals surface area contributed by atoms with Crippen LogP contribution in [-0.2, 0) is 22.1 Å². The van der Waals surface area contributed by atoms with Crippen molar-refractivity contribution in [2.45, 2.75) is 25.0 Å². The molecule has 0 aliphatic heterocycles. The van der Waals surface area contributed by atoms with E-state index in [0.29, 0.717) is 15.5 Å². The molecule has 0 N–H and O–H groups in total. The van der Waals surface area contributed by atoms with Crippen LogP contribution in [0.15, 0.2) is 33.9 Å². The molecule has 100 valence electrons. The van der Waals surface area contributed by atoms with Gasteiger partial charge in [-0.25, -0.2) is 8.42 Å². The lowest BCUT2D eigenvalue weighted by Crippen LogP contribution is -2.12. The summed E-state index contributed by atoms with van der Waals surface area (Å²) in [6, 6.07) is 7.68. The van der Waals surface area contributed by atoms with Crippen LogP contribution >= 0.6 is 11.3 Å². The molecule has 19 heavy (non-hydrogen) atoms. The highest BCUT2D eigenvalue weighted by Gasteiger charge is 2.19. The van der Waals surface area contributed by atoms with Crippen molar-refractivity contribution in [1.29, 1.82) is 0 Å². The van der Waals surface area contributed by atoms with E-state index in [4.69, 9.17) is 0 Å². The zero-order chi connectivity index (χ0) is 14.0. The molecule has 0 spiro atoms. The van der Waals surface area contributed by atoms with E-state index in [1.165, 1.54) is 11.3 Å². The Balaban J connectivity index is 2.57. The van der Waals surface area contributed by atoms with Gasteiger partial charge in [-0.2, -0.15) is 0 Å². The van der Waals surface area contributed by atoms with Gasteiger partial charge in [0.05, 0.1) is 4.21 Å². The van der Waals surface area contributed by atoms with Crippen molar-refractivity contribution in [3.05, 3.63) is 51.9 Å². The van der Waals surface area contributed by atoms with Crippen LogP contribution in [0.25, 0.3) is 0 Å². The molecule has 2 aromatic rings. The van der Waals surface area contributed by atoms with Crippen molar-refractivity contribution in [2.75, 3.05) is 0 Å². The Morgan fingerprint density at radius 2 is 1.84 bits per heavy atom. The van der Waals surface area contributed by atoms with Crippen LogP contribution in [0.5, 0.6) is 0 Å². The number of hydrogen-bond donors (Lipinski definition) is 0. The van der Waals surface area contributed by atoms with Gasteiger partial charge in [0.2, 0.25) is 0 Å². The van der Waals surface area contributed by atoms with Crippen molar-refractivity contribution in [2.24, 2.45) is 0 Å². The summed E-state index contributed by atoms with van der Waals surface area (Å²) >= 11 is 1.75. The summed E-state index contributed by atoms with van der Waals surface area (Å²) in [5.74, 6) is 0. The first kappa shape index (κ1) is 14.4. The van der Waals surface area contributed by atoms with Crippen molar-refractivity contribution < 1.29 is 8.42 Å². The first-order valence-electron chi connectivity index (χ1n) is 5.75. The molecule has 5 heteroatoms. The Labute approximate surface area is 123 Å². The second-order valence-electron chi connectivity index (χ2n) is 4.35. The van der Waals surface area contributed by atoms with Gasteiger partial charge in [-0.15, -0.1) is 11.3 Å². The highest BCUT2D eigenvalue weighted by Crippen LogP contribution is 2.23. The van der Waals surface area contributed by atoms with Crippen molar-refractivity contribution in [1.82, 2.24) is 0 Å². The average molecular weight is 310 g/mol. The molecule has 2 rings (SSSR count). The van der Waals surface area contributed by atoms with Gasteiger partial charge in [0.1, 0.15) is 26.3 Å². The number of aryl methyl sites for hydroxylation is 3. The zero-order valence-corrected chi connectivity index (χ0v) is 13.4. The third-order valence-corrected chi connectivity index (χ3v) is 6.26. The van der Waals surface area contributed by atoms with E-state index >= 15 is 0 Å². The maximum atomic E-state index is 12.5. The Morgan fingerprint density at radius 3 is 2.32 bits per heavy atom. The van der Waals surface area contributed by atoms with Crippen LogP contribution in [0.1, 0.15) is 22.3 Å². The SMILES string of the molecule is Cc1cc(C)c(C(=S=O)S(=O)c2cccs2)c(C)c1. The summed E-state index contributed by atoms with van der Waals surface area (Å²) in [5, 5.41) is 1.87. The van der Waals surface area contributed by atoms with E-state index in [1.54, 1.807) is 6.07 Å². The zero-order valence-electron chi connectivity index (χ0n) is 10.9. The molecule has 1 aromatic heterocycles. The minimum absolute atomic E-state index is 0.337. The van der Waals surface area contributed by atoms with Gasteiger partial charge in [0.15, 0.2) is 0 Å². The van der Waals surface area contributed by atoms with Crippen molar-refractivity contribution >= 4 is 37.6 Å². The summed E-state index contributed by atoms with van der Waals surface area (Å²) in [4.78, 5) is 0. The lowest BCUT2D eigenvalue weighted by atomic mass is 10.0. The smallest absolute Gasteiger partial charge is 0.145 e. The lowest BCUT2D eigenvalue weighted by molar-refractivity contribution is 0.691. The van der Waals surface area contributed by atoms with E-state index in [9.17, 15) is 8.42 Å². The van der Waals surface area contributed by atoms with Crippen molar-refractivity contribution in [3.8, 4) is 0 Å². The van der Waals surface area contributed by atoms with Crippen LogP contribution in [0.2, 0.25) is 0 Å². The number of hydrogen-bond acceptors (Lipinski definition) is 3. The predicted molar refractivity (Wildman–Crippen MR) is 83.6 cm³/mol. The minimum Gasteiger partial charge on any atom is -0.247 e. The fraction of sp³-hybridized carbons (Fsp3) is 0.214. The van der Waals surface area contributed by atoms with Gasteiger partial charge in [-0.3, -0.25) is 0 Å². The summed E-state index contributed by atoms with van der Waals surface area (Å²) in [7, 11) is -1.38. The number of thiophene rings is 1. The highest BCUT2D eigenvalue weighted by molar-refractivity contribution is 8.11. The topological polar surface area (TPSA) is 34.1 Å². The Hall–Kier alpha value is -1.04. The molecule has 1 aromatic carbocycles. The largest absolute Gasteiger partial charge is 0.247 e. The van der Waals surface area contributed by atoms with Gasteiger partial charge in [0, 0.05) is 5.56 Å². The van der Waals surface area contributed by atoms with Crippen LogP contribution in [0.3, 0.4) is 0 Å². The average Bonchev–Trinajstić information content (AvgIpc) is 2.86. The monoisotopic (exact) mass is 310 g/mol. The van der Waals surface area contributed by atoms with Crippen LogP contribution < -0.4 is 0 Å². The molecule has 1 atom stereocenters. The molecular weight excluding hydrogens is 296 g/mol. The first-order chi connectivity index (χ1) is 9.04. The molecule has 1 unspecified atom stereocenters. The Morgan fingerprint density at radius 1 is 1.21 bits per heavy atom. The molecule has 0 saturated heterocycles. The van der Waals surface area contributed by atoms with Gasteiger partial charge in [-0.1, -0.05) is 23.8 Å². The number of benzene rings is 1. The van der Waals surface area contributed by atoms with E-state index in [-0.39, 0.29) is 0 Å². The van der Waals surface area contributed by atoms with E-state index < -0.39 is 10.8 Å². The summed E-state index contributed by atoms with van der Waals surface area (Å²) in [5.41, 5.74) is 3.98. The van der Waals surface area contributed by atoms with E-state index in [1.807, 2.05) is 44.4 Å². The summed E-state index contributed by atoms with van der Waals surface area (Å²) in [6.07, 6.45) is 0. The van der Waals surface area contributed by atoms with Crippen LogP contribution in [-0.4, -0.2) is 12.6 Å². The second kappa shape index (κ2) is 5.94. The van der Waals surface area contributed by atoms with E-state index in [2.05, 4.69) is 0 Å². The molecule has 1 heterocycles. The van der Waals surface area contributed by atoms with Gasteiger partial charge >= 0.3 is 0 Å². The standard InChI is InChI=1S/C14H14O2S3/c1-9-7-10(2)13(11(3)8-9)14(18-15)19(16)12-5-4-6-17-12/h4-8H,1-3H3. The molecule has 0 saturated carbocycles. The Kier molecular flexibility index (Phi) is 4.50. The van der Waals surface area contributed by atoms with Gasteiger partial charge in [0.25, 0.3) is 0 Å². The third-order valence-electron chi connectivity index (χ3n) is 2.80. The maximum absolute atomic E-state index is 12.5. The molecule has 0 fully saturated rings. The molecule has 2 nitrogen and oxygen atoms in total.